The number of carbonyl (C=O) groups is 2. The molecule has 3 fully saturated rings. The van der Waals surface area contributed by atoms with E-state index >= 15 is 0 Å². The molecule has 4 N–H and O–H groups in total. The molecule has 3 aliphatic heterocycles. The van der Waals surface area contributed by atoms with Crippen LogP contribution in [0.3, 0.4) is 0 Å². The zero-order valence-corrected chi connectivity index (χ0v) is 30.4. The summed E-state index contributed by atoms with van der Waals surface area (Å²) >= 11 is 0. The Balaban J connectivity index is 1.78. The minimum Gasteiger partial charge on any atom is -0.461 e. The summed E-state index contributed by atoms with van der Waals surface area (Å²) in [5.74, 6) is -3.17. The van der Waals surface area contributed by atoms with E-state index in [1.54, 1.807) is 45.3 Å². The van der Waals surface area contributed by atoms with E-state index in [2.05, 4.69) is 4.98 Å². The molecular formula is C36H59N3O9. The van der Waals surface area contributed by atoms with Crippen molar-refractivity contribution in [2.24, 2.45) is 29.4 Å². The Morgan fingerprint density at radius 2 is 1.85 bits per heavy atom. The maximum atomic E-state index is 14.0. The Morgan fingerprint density at radius 1 is 1.17 bits per heavy atom. The second-order valence-electron chi connectivity index (χ2n) is 15.3. The van der Waals surface area contributed by atoms with Crippen molar-refractivity contribution in [2.45, 2.75) is 147 Å². The second kappa shape index (κ2) is 15.4. The molecular weight excluding hydrogens is 618 g/mol. The average Bonchev–Trinajstić information content (AvgIpc) is 3.26. The molecule has 0 aromatic carbocycles. The summed E-state index contributed by atoms with van der Waals surface area (Å²) in [6.45, 7) is 14.9. The number of aliphatic hydroxyl groups excluding tert-OH is 1. The maximum absolute atomic E-state index is 14.0. The van der Waals surface area contributed by atoms with Gasteiger partial charge in [0, 0.05) is 36.3 Å². The van der Waals surface area contributed by atoms with Crippen LogP contribution in [-0.4, -0.2) is 112 Å². The minimum absolute atomic E-state index is 0.0673. The number of nitrogens with two attached hydrogens (primary N) is 1. The van der Waals surface area contributed by atoms with Gasteiger partial charge in [0.2, 0.25) is 0 Å². The largest absolute Gasteiger partial charge is 0.461 e. The van der Waals surface area contributed by atoms with E-state index < -0.39 is 71.7 Å². The van der Waals surface area contributed by atoms with E-state index in [-0.39, 0.29) is 42.9 Å². The van der Waals surface area contributed by atoms with Gasteiger partial charge in [-0.3, -0.25) is 14.6 Å². The van der Waals surface area contributed by atoms with Gasteiger partial charge in [-0.2, -0.15) is 0 Å². The van der Waals surface area contributed by atoms with E-state index in [1.165, 1.54) is 0 Å². The van der Waals surface area contributed by atoms with Crippen LogP contribution in [0.25, 0.3) is 0 Å². The monoisotopic (exact) mass is 677 g/mol. The highest BCUT2D eigenvalue weighted by molar-refractivity contribution is 5.76. The molecule has 0 radical (unpaired) electrons. The summed E-state index contributed by atoms with van der Waals surface area (Å²) in [5.41, 5.74) is 4.92. The third kappa shape index (κ3) is 8.06. The van der Waals surface area contributed by atoms with Crippen LogP contribution in [0, 0.1) is 23.7 Å². The lowest BCUT2D eigenvalue weighted by molar-refractivity contribution is -0.299. The number of nitrogens with zero attached hydrogens (tertiary/aromatic N) is 2. The van der Waals surface area contributed by atoms with Crippen LogP contribution in [0.5, 0.6) is 0 Å². The number of pyridine rings is 1. The Morgan fingerprint density at radius 3 is 2.46 bits per heavy atom. The molecule has 4 heterocycles. The average molecular weight is 678 g/mol. The molecule has 15 atom stereocenters. The zero-order chi connectivity index (χ0) is 35.7. The number of fused-ring (bicyclic) bond motifs is 2. The van der Waals surface area contributed by atoms with Gasteiger partial charge in [0.15, 0.2) is 6.29 Å². The van der Waals surface area contributed by atoms with E-state index in [0.29, 0.717) is 18.4 Å². The van der Waals surface area contributed by atoms with Gasteiger partial charge in [0.25, 0.3) is 0 Å². The standard InChI is InChI=1S/C36H59N3O9/c1-11-26-36(8)31(37)21(4)29(48-36)19(2)17-35(7,43)32(47-34-28(41)25(39(9)10)15-20(3)44-34)22(5)30(23(6)33(42)45-26)46-27(40)16-24-13-12-14-38-18-24/h12-14,18-23,25-26,28-32,34,41,43H,11,15-17,37H2,1-10H3/t19-,20-,21+,22+,23-,25+,26-,28-,29+,30+,31+,32-,34+,35+,36?/m1/s1. The van der Waals surface area contributed by atoms with Gasteiger partial charge in [-0.25, -0.2) is 0 Å². The van der Waals surface area contributed by atoms with Gasteiger partial charge in [-0.1, -0.05) is 33.8 Å². The molecule has 1 unspecified atom stereocenters. The molecule has 4 rings (SSSR count). The fraction of sp³-hybridized carbons (Fsp3) is 0.806. The minimum atomic E-state index is -1.56. The van der Waals surface area contributed by atoms with E-state index in [1.807, 2.05) is 53.6 Å². The van der Waals surface area contributed by atoms with Gasteiger partial charge >= 0.3 is 11.9 Å². The van der Waals surface area contributed by atoms with E-state index in [4.69, 9.17) is 29.4 Å². The molecule has 1 aromatic heterocycles. The Bertz CT molecular complexity index is 1230. The predicted molar refractivity (Wildman–Crippen MR) is 178 cm³/mol. The lowest BCUT2D eigenvalue weighted by Crippen LogP contribution is -2.59. The van der Waals surface area contributed by atoms with Crippen LogP contribution in [0.1, 0.15) is 80.2 Å². The summed E-state index contributed by atoms with van der Waals surface area (Å²) in [6, 6.07) is 2.80. The number of cyclic esters (lactones) is 1. The number of aliphatic hydroxyl groups is 2. The van der Waals surface area contributed by atoms with Gasteiger partial charge < -0.3 is 44.5 Å². The van der Waals surface area contributed by atoms with Crippen LogP contribution in [0.15, 0.2) is 24.5 Å². The number of aromatic nitrogens is 1. The Hall–Kier alpha value is -2.19. The lowest BCUT2D eigenvalue weighted by Gasteiger charge is -2.47. The van der Waals surface area contributed by atoms with Gasteiger partial charge in [-0.15, -0.1) is 0 Å². The quantitative estimate of drug-likeness (QED) is 0.363. The normalized spacial score (nSPS) is 44.3. The molecule has 0 saturated carbocycles. The first-order valence-electron chi connectivity index (χ1n) is 17.5. The summed E-state index contributed by atoms with van der Waals surface area (Å²) in [4.78, 5) is 33.5. The molecule has 0 spiro atoms. The third-order valence-corrected chi connectivity index (χ3v) is 11.1. The van der Waals surface area contributed by atoms with Crippen molar-refractivity contribution < 1.29 is 43.5 Å². The molecule has 272 valence electrons. The maximum Gasteiger partial charge on any atom is 0.312 e. The molecule has 12 nitrogen and oxygen atoms in total. The van der Waals surface area contributed by atoms with Crippen LogP contribution in [0.4, 0.5) is 0 Å². The fourth-order valence-electron chi connectivity index (χ4n) is 8.34. The van der Waals surface area contributed by atoms with Gasteiger partial charge in [-0.05, 0) is 78.6 Å². The van der Waals surface area contributed by atoms with Crippen molar-refractivity contribution in [3.63, 3.8) is 0 Å². The molecule has 12 heteroatoms. The van der Waals surface area contributed by atoms with Crippen molar-refractivity contribution in [3.05, 3.63) is 30.1 Å². The van der Waals surface area contributed by atoms with Crippen molar-refractivity contribution in [3.8, 4) is 0 Å². The predicted octanol–water partition coefficient (Wildman–Crippen LogP) is 2.85. The number of hydrogen-bond donors (Lipinski definition) is 3. The number of rotatable bonds is 7. The van der Waals surface area contributed by atoms with Gasteiger partial charge in [0.1, 0.15) is 23.9 Å². The number of carbonyl (C=O) groups excluding carboxylic acids is 2. The van der Waals surface area contributed by atoms with E-state index in [9.17, 15) is 19.8 Å². The summed E-state index contributed by atoms with van der Waals surface area (Å²) in [5, 5.41) is 23.9. The molecule has 0 amide bonds. The van der Waals surface area contributed by atoms with Crippen LogP contribution < -0.4 is 5.73 Å². The molecule has 1 aromatic rings. The SMILES string of the molecule is CC[C@H]1OC(=O)[C@H](C)[C@@H](OC(=O)Cc2cccnc2)[C@H](C)[C@@H](O[C@@H]2O[C@H](C)C[C@H](N(C)C)[C@H]2O)[C@@](C)(O)C[C@@H](C)[C@@H]2OC1(C)[C@@H](N)[C@H]2C. The smallest absolute Gasteiger partial charge is 0.312 e. The number of ether oxygens (including phenoxy) is 5. The highest BCUT2D eigenvalue weighted by atomic mass is 16.7. The first-order valence-corrected chi connectivity index (χ1v) is 17.5. The Labute approximate surface area is 286 Å². The summed E-state index contributed by atoms with van der Waals surface area (Å²) in [7, 11) is 3.77. The van der Waals surface area contributed by atoms with Crippen molar-refractivity contribution in [2.75, 3.05) is 14.1 Å². The number of hydrogen-bond acceptors (Lipinski definition) is 12. The highest BCUT2D eigenvalue weighted by Gasteiger charge is 2.57. The molecule has 3 saturated heterocycles. The zero-order valence-electron chi connectivity index (χ0n) is 30.4. The Kier molecular flexibility index (Phi) is 12.4. The molecule has 0 aliphatic carbocycles. The highest BCUT2D eigenvalue weighted by Crippen LogP contribution is 2.45. The first kappa shape index (κ1) is 38.6. The second-order valence-corrected chi connectivity index (χ2v) is 15.3. The van der Waals surface area contributed by atoms with Crippen molar-refractivity contribution in [1.82, 2.24) is 9.88 Å². The van der Waals surface area contributed by atoms with Crippen LogP contribution in [-0.2, 0) is 39.7 Å². The molecule has 48 heavy (non-hydrogen) atoms. The lowest BCUT2D eigenvalue weighted by atomic mass is 9.75. The number of likely N-dealkylation sites (N-methyl/N-ethyl adjacent to an activating group) is 1. The first-order chi connectivity index (χ1) is 22.4. The van der Waals surface area contributed by atoms with E-state index in [0.717, 1.165) is 0 Å². The summed E-state index contributed by atoms with van der Waals surface area (Å²) in [6.07, 6.45) is -1.08. The summed E-state index contributed by atoms with van der Waals surface area (Å²) < 4.78 is 31.8. The third-order valence-electron chi connectivity index (χ3n) is 11.1. The number of esters is 2. The molecule has 2 bridgehead atoms. The van der Waals surface area contributed by atoms with Gasteiger partial charge in [0.05, 0.1) is 36.3 Å². The molecule has 3 aliphatic rings. The van der Waals surface area contributed by atoms with Crippen molar-refractivity contribution in [1.29, 1.82) is 0 Å². The fourth-order valence-corrected chi connectivity index (χ4v) is 8.34. The van der Waals surface area contributed by atoms with Crippen LogP contribution in [0.2, 0.25) is 0 Å². The van der Waals surface area contributed by atoms with Crippen molar-refractivity contribution >= 4 is 11.9 Å². The van der Waals surface area contributed by atoms with Crippen LogP contribution >= 0.6 is 0 Å². The topological polar surface area (TPSA) is 163 Å².